The number of carboxylic acid groups (broad SMARTS) is 1. The third-order valence-electron chi connectivity index (χ3n) is 5.73. The molecule has 8 nitrogen and oxygen atoms in total. The van der Waals surface area contributed by atoms with Crippen LogP contribution in [0.5, 0.6) is 0 Å². The molecule has 0 bridgehead atoms. The molecule has 2 aromatic carbocycles. The second-order valence-corrected chi connectivity index (χ2v) is 8.67. The summed E-state index contributed by atoms with van der Waals surface area (Å²) in [5.74, 6) is -1.38. The predicted octanol–water partition coefficient (Wildman–Crippen LogP) is 4.06. The number of carbonyl (C=O) groups excluding carboxylic acids is 1. The van der Waals surface area contributed by atoms with E-state index in [-0.39, 0.29) is 11.9 Å². The molecule has 1 aromatic heterocycles. The van der Waals surface area contributed by atoms with Crippen LogP contribution in [-0.4, -0.2) is 37.5 Å². The van der Waals surface area contributed by atoms with Gasteiger partial charge in [-0.3, -0.25) is 4.79 Å². The van der Waals surface area contributed by atoms with Gasteiger partial charge in [-0.05, 0) is 81.1 Å². The average Bonchev–Trinajstić information content (AvgIpc) is 3.35. The highest BCUT2D eigenvalue weighted by molar-refractivity contribution is 6.31. The number of aliphatic carboxylic acids is 1. The van der Waals surface area contributed by atoms with Gasteiger partial charge in [-0.2, -0.15) is 0 Å². The molecule has 0 saturated heterocycles. The van der Waals surface area contributed by atoms with E-state index in [4.69, 9.17) is 11.6 Å². The highest BCUT2D eigenvalue weighted by Gasteiger charge is 2.51. The van der Waals surface area contributed by atoms with Gasteiger partial charge in [-0.1, -0.05) is 16.8 Å². The first-order valence-electron chi connectivity index (χ1n) is 10.3. The first kappa shape index (κ1) is 21.8. The molecule has 1 aliphatic rings. The molecule has 166 valence electrons. The Hall–Kier alpha value is -3.39. The van der Waals surface area contributed by atoms with Crippen molar-refractivity contribution in [3.8, 4) is 5.69 Å². The number of halogens is 1. The van der Waals surface area contributed by atoms with E-state index >= 15 is 0 Å². The highest BCUT2D eigenvalue weighted by atomic mass is 35.5. The molecule has 1 saturated carbocycles. The fourth-order valence-electron chi connectivity index (χ4n) is 3.51. The van der Waals surface area contributed by atoms with Gasteiger partial charge in [0.05, 0.1) is 17.9 Å². The van der Waals surface area contributed by atoms with E-state index in [9.17, 15) is 14.7 Å². The Morgan fingerprint density at radius 2 is 1.91 bits per heavy atom. The van der Waals surface area contributed by atoms with E-state index in [2.05, 4.69) is 20.9 Å². The van der Waals surface area contributed by atoms with Gasteiger partial charge >= 0.3 is 5.97 Å². The van der Waals surface area contributed by atoms with Gasteiger partial charge in [0.2, 0.25) is 0 Å². The van der Waals surface area contributed by atoms with Crippen molar-refractivity contribution < 1.29 is 14.7 Å². The Labute approximate surface area is 190 Å². The second-order valence-electron chi connectivity index (χ2n) is 8.26. The highest BCUT2D eigenvalue weighted by Crippen LogP contribution is 2.36. The topological polar surface area (TPSA) is 109 Å². The monoisotopic (exact) mass is 453 g/mol. The largest absolute Gasteiger partial charge is 0.480 e. The Balaban J connectivity index is 1.47. The number of aryl methyl sites for hydroxylation is 2. The van der Waals surface area contributed by atoms with Crippen LogP contribution in [0.3, 0.4) is 0 Å². The van der Waals surface area contributed by atoms with Crippen LogP contribution in [0.15, 0.2) is 42.6 Å². The van der Waals surface area contributed by atoms with Gasteiger partial charge in [0.15, 0.2) is 0 Å². The van der Waals surface area contributed by atoms with Crippen molar-refractivity contribution in [2.45, 2.75) is 45.2 Å². The summed E-state index contributed by atoms with van der Waals surface area (Å²) in [6.07, 6.45) is 2.74. The third kappa shape index (κ3) is 4.31. The number of aromatic nitrogens is 3. The number of carbonyl (C=O) groups is 2. The van der Waals surface area contributed by atoms with E-state index < -0.39 is 11.5 Å². The van der Waals surface area contributed by atoms with Gasteiger partial charge in [-0.15, -0.1) is 5.10 Å². The quantitative estimate of drug-likeness (QED) is 0.497. The van der Waals surface area contributed by atoms with E-state index in [1.807, 2.05) is 51.2 Å². The Bertz CT molecular complexity index is 1200. The minimum atomic E-state index is -1.12. The van der Waals surface area contributed by atoms with Gasteiger partial charge in [0.25, 0.3) is 5.91 Å². The summed E-state index contributed by atoms with van der Waals surface area (Å²) in [5, 5.41) is 24.5. The molecule has 1 unspecified atom stereocenters. The Morgan fingerprint density at radius 1 is 1.16 bits per heavy atom. The van der Waals surface area contributed by atoms with Gasteiger partial charge in [0, 0.05) is 16.3 Å². The molecule has 1 amide bonds. The van der Waals surface area contributed by atoms with Crippen molar-refractivity contribution >= 4 is 29.2 Å². The lowest BCUT2D eigenvalue weighted by molar-refractivity contribution is -0.140. The maximum Gasteiger partial charge on any atom is 0.329 e. The number of amides is 1. The third-order valence-corrected chi connectivity index (χ3v) is 6.15. The zero-order valence-electron chi connectivity index (χ0n) is 18.0. The molecule has 3 aromatic rings. The first-order chi connectivity index (χ1) is 15.2. The second kappa shape index (κ2) is 8.27. The van der Waals surface area contributed by atoms with Crippen LogP contribution < -0.4 is 10.6 Å². The summed E-state index contributed by atoms with van der Waals surface area (Å²) in [5.41, 5.74) is 3.49. The fraction of sp³-hybridized carbons (Fsp3) is 0.304. The molecular formula is C23H24ClN5O3. The van der Waals surface area contributed by atoms with Crippen LogP contribution >= 0.6 is 11.6 Å². The molecule has 0 radical (unpaired) electrons. The summed E-state index contributed by atoms with van der Waals surface area (Å²) < 4.78 is 1.65. The van der Waals surface area contributed by atoms with Crippen molar-refractivity contribution in [2.75, 3.05) is 5.32 Å². The lowest BCUT2D eigenvalue weighted by atomic mass is 10.1. The smallest absolute Gasteiger partial charge is 0.329 e. The first-order valence-corrected chi connectivity index (χ1v) is 10.7. The lowest BCUT2D eigenvalue weighted by Crippen LogP contribution is -2.43. The van der Waals surface area contributed by atoms with E-state index in [1.54, 1.807) is 16.8 Å². The number of anilines is 1. The number of hydrogen-bond donors (Lipinski definition) is 3. The molecule has 1 heterocycles. The molecule has 9 heteroatoms. The maximum absolute atomic E-state index is 12.6. The summed E-state index contributed by atoms with van der Waals surface area (Å²) in [6, 6.07) is 10.9. The molecule has 32 heavy (non-hydrogen) atoms. The van der Waals surface area contributed by atoms with Gasteiger partial charge in [0.1, 0.15) is 11.2 Å². The minimum absolute atomic E-state index is 0.0822. The van der Waals surface area contributed by atoms with Crippen LogP contribution in [0.1, 0.15) is 53.0 Å². The van der Waals surface area contributed by atoms with Gasteiger partial charge in [-0.25, -0.2) is 9.48 Å². The van der Waals surface area contributed by atoms with E-state index in [0.29, 0.717) is 18.4 Å². The zero-order valence-corrected chi connectivity index (χ0v) is 18.8. The SMILES string of the molecule is Cc1cc(NC(C)c2cn(-c3ccc(C(=O)NC4(C(=O)O)CC4)c(C)c3)nn2)ccc1Cl. The number of hydrogen-bond acceptors (Lipinski definition) is 5. The van der Waals surface area contributed by atoms with Crippen LogP contribution in [0.25, 0.3) is 5.69 Å². The Kier molecular flexibility index (Phi) is 5.64. The van der Waals surface area contributed by atoms with Crippen molar-refractivity contribution in [1.29, 1.82) is 0 Å². The molecule has 0 aliphatic heterocycles. The number of nitrogens with one attached hydrogen (secondary N) is 2. The molecule has 1 fully saturated rings. The number of rotatable bonds is 7. The maximum atomic E-state index is 12.6. The number of benzene rings is 2. The summed E-state index contributed by atoms with van der Waals surface area (Å²) in [4.78, 5) is 23.9. The van der Waals surface area contributed by atoms with Crippen molar-refractivity contribution in [1.82, 2.24) is 20.3 Å². The molecular weight excluding hydrogens is 430 g/mol. The van der Waals surface area contributed by atoms with Crippen molar-refractivity contribution in [2.24, 2.45) is 0 Å². The molecule has 3 N–H and O–H groups in total. The Morgan fingerprint density at radius 3 is 2.53 bits per heavy atom. The summed E-state index contributed by atoms with van der Waals surface area (Å²) in [6.45, 7) is 5.75. The molecule has 1 aliphatic carbocycles. The van der Waals surface area contributed by atoms with Crippen LogP contribution in [0, 0.1) is 13.8 Å². The zero-order chi connectivity index (χ0) is 23.0. The average molecular weight is 454 g/mol. The minimum Gasteiger partial charge on any atom is -0.480 e. The van der Waals surface area contributed by atoms with E-state index in [1.165, 1.54) is 0 Å². The fourth-order valence-corrected chi connectivity index (χ4v) is 3.62. The number of carboxylic acids is 1. The standard InChI is InChI=1S/C23H24ClN5O3/c1-13-11-17(5-6-18(13)21(30)26-23(8-9-23)22(31)32)29-12-20(27-28-29)15(3)25-16-4-7-19(24)14(2)10-16/h4-7,10-12,15,25H,8-9H2,1-3H3,(H,26,30)(H,31,32). The molecule has 1 atom stereocenters. The van der Waals surface area contributed by atoms with Crippen LogP contribution in [-0.2, 0) is 4.79 Å². The summed E-state index contributed by atoms with van der Waals surface area (Å²) >= 11 is 6.09. The van der Waals surface area contributed by atoms with E-state index in [0.717, 1.165) is 33.2 Å². The predicted molar refractivity (Wildman–Crippen MR) is 121 cm³/mol. The summed E-state index contributed by atoms with van der Waals surface area (Å²) in [7, 11) is 0. The normalized spacial score (nSPS) is 15.1. The van der Waals surface area contributed by atoms with Crippen molar-refractivity contribution in [3.05, 3.63) is 70.0 Å². The van der Waals surface area contributed by atoms with Crippen LogP contribution in [0.2, 0.25) is 5.02 Å². The van der Waals surface area contributed by atoms with Crippen molar-refractivity contribution in [3.63, 3.8) is 0 Å². The molecule has 0 spiro atoms. The van der Waals surface area contributed by atoms with Crippen LogP contribution in [0.4, 0.5) is 5.69 Å². The number of nitrogens with zero attached hydrogens (tertiary/aromatic N) is 3. The lowest BCUT2D eigenvalue weighted by Gasteiger charge is -2.14. The van der Waals surface area contributed by atoms with Gasteiger partial charge < -0.3 is 15.7 Å². The molecule has 4 rings (SSSR count).